The van der Waals surface area contributed by atoms with Gasteiger partial charge in [0.05, 0.1) is 6.54 Å². The fraction of sp³-hybridized carbons (Fsp3) is 0.400. The highest BCUT2D eigenvalue weighted by molar-refractivity contribution is 5.87. The van der Waals surface area contributed by atoms with Crippen LogP contribution in [-0.2, 0) is 17.8 Å². The Kier molecular flexibility index (Phi) is 2.62. The number of nitrogens with one attached hydrogen (secondary N) is 1. The van der Waals surface area contributed by atoms with Gasteiger partial charge in [0, 0.05) is 29.1 Å². The van der Waals surface area contributed by atoms with Crippen molar-refractivity contribution < 1.29 is 4.79 Å². The number of H-pyrrole nitrogens is 1. The van der Waals surface area contributed by atoms with Crippen LogP contribution in [0.4, 0.5) is 0 Å². The maximum absolute atomic E-state index is 12.2. The number of carbonyl (C=O) groups is 1. The van der Waals surface area contributed by atoms with Crippen LogP contribution in [0.25, 0.3) is 10.9 Å². The number of para-hydroxylation sites is 1. The number of amides is 1. The molecule has 1 unspecified atom stereocenters. The van der Waals surface area contributed by atoms with Gasteiger partial charge in [0.2, 0.25) is 5.91 Å². The maximum atomic E-state index is 12.2. The quantitative estimate of drug-likeness (QED) is 0.820. The van der Waals surface area contributed by atoms with Gasteiger partial charge in [-0.3, -0.25) is 4.79 Å². The number of hydrogen-bond acceptors (Lipinski definition) is 1. The van der Waals surface area contributed by atoms with Crippen LogP contribution in [0.1, 0.15) is 25.1 Å². The minimum Gasteiger partial charge on any atom is -0.357 e. The Balaban J connectivity index is 2.14. The number of benzene rings is 1. The van der Waals surface area contributed by atoms with Crippen molar-refractivity contribution in [3.8, 4) is 0 Å². The van der Waals surface area contributed by atoms with Gasteiger partial charge in [0.25, 0.3) is 0 Å². The van der Waals surface area contributed by atoms with Crippen LogP contribution in [-0.4, -0.2) is 22.3 Å². The fourth-order valence-electron chi connectivity index (χ4n) is 2.87. The summed E-state index contributed by atoms with van der Waals surface area (Å²) in [7, 11) is 0. The molecule has 0 saturated carbocycles. The average molecular weight is 242 g/mol. The number of nitrogens with zero attached hydrogens (tertiary/aromatic N) is 1. The topological polar surface area (TPSA) is 36.1 Å². The first-order valence-corrected chi connectivity index (χ1v) is 6.58. The Labute approximate surface area is 107 Å². The van der Waals surface area contributed by atoms with Gasteiger partial charge in [-0.05, 0) is 25.0 Å². The predicted molar refractivity (Wildman–Crippen MR) is 72.3 cm³/mol. The Morgan fingerprint density at radius 1 is 1.39 bits per heavy atom. The molecule has 2 aromatic rings. The molecule has 18 heavy (non-hydrogen) atoms. The Hall–Kier alpha value is -1.77. The fourth-order valence-corrected chi connectivity index (χ4v) is 2.87. The molecule has 3 rings (SSSR count). The third kappa shape index (κ3) is 1.62. The number of carbonyl (C=O) groups excluding carboxylic acids is 1. The number of aromatic nitrogens is 1. The zero-order valence-electron chi connectivity index (χ0n) is 10.9. The van der Waals surface area contributed by atoms with Gasteiger partial charge in [-0.1, -0.05) is 25.1 Å². The number of aromatic amines is 1. The molecule has 3 heteroatoms. The summed E-state index contributed by atoms with van der Waals surface area (Å²) in [4.78, 5) is 17.6. The summed E-state index contributed by atoms with van der Waals surface area (Å²) in [6, 6.07) is 8.35. The Morgan fingerprint density at radius 2 is 2.17 bits per heavy atom. The molecule has 1 N–H and O–H groups in total. The molecule has 1 atom stereocenters. The van der Waals surface area contributed by atoms with E-state index < -0.39 is 0 Å². The van der Waals surface area contributed by atoms with E-state index in [0.717, 1.165) is 13.0 Å². The van der Waals surface area contributed by atoms with E-state index in [9.17, 15) is 4.79 Å². The molecule has 1 aliphatic heterocycles. The van der Waals surface area contributed by atoms with E-state index in [-0.39, 0.29) is 11.8 Å². The van der Waals surface area contributed by atoms with E-state index in [0.29, 0.717) is 6.54 Å². The molecular weight excluding hydrogens is 224 g/mol. The lowest BCUT2D eigenvalue weighted by molar-refractivity contribution is -0.135. The lowest BCUT2D eigenvalue weighted by Gasteiger charge is -2.20. The minimum atomic E-state index is 0.0745. The SMILES string of the molecule is CCN1Cc2[nH]c3ccccc3c2CC(C)C1=O. The molecule has 0 fully saturated rings. The van der Waals surface area contributed by atoms with Gasteiger partial charge >= 0.3 is 0 Å². The normalized spacial score (nSPS) is 20.0. The second-order valence-electron chi connectivity index (χ2n) is 5.09. The van der Waals surface area contributed by atoms with Crippen LogP contribution in [0.3, 0.4) is 0 Å². The summed E-state index contributed by atoms with van der Waals surface area (Å²) in [6.07, 6.45) is 0.842. The highest BCUT2D eigenvalue weighted by Crippen LogP contribution is 2.29. The van der Waals surface area contributed by atoms with E-state index in [2.05, 4.69) is 23.2 Å². The lowest BCUT2D eigenvalue weighted by atomic mass is 9.99. The molecule has 3 nitrogen and oxygen atoms in total. The second-order valence-corrected chi connectivity index (χ2v) is 5.09. The van der Waals surface area contributed by atoms with Crippen molar-refractivity contribution in [2.24, 2.45) is 5.92 Å². The summed E-state index contributed by atoms with van der Waals surface area (Å²) in [5.74, 6) is 0.344. The van der Waals surface area contributed by atoms with Gasteiger partial charge in [0.1, 0.15) is 0 Å². The predicted octanol–water partition coefficient (Wildman–Crippen LogP) is 2.71. The molecule has 2 heterocycles. The summed E-state index contributed by atoms with van der Waals surface area (Å²) >= 11 is 0. The molecule has 0 spiro atoms. The number of hydrogen-bond donors (Lipinski definition) is 1. The highest BCUT2D eigenvalue weighted by atomic mass is 16.2. The average Bonchev–Trinajstić information content (AvgIpc) is 2.67. The molecule has 0 radical (unpaired) electrons. The molecule has 1 aromatic carbocycles. The van der Waals surface area contributed by atoms with Crippen molar-refractivity contribution in [2.75, 3.05) is 6.54 Å². The van der Waals surface area contributed by atoms with Gasteiger partial charge in [-0.2, -0.15) is 0 Å². The van der Waals surface area contributed by atoms with E-state index in [1.807, 2.05) is 24.8 Å². The largest absolute Gasteiger partial charge is 0.357 e. The molecule has 0 saturated heterocycles. The van der Waals surface area contributed by atoms with Gasteiger partial charge in [-0.15, -0.1) is 0 Å². The van der Waals surface area contributed by atoms with Gasteiger partial charge in [-0.25, -0.2) is 0 Å². The smallest absolute Gasteiger partial charge is 0.226 e. The third-order valence-corrected chi connectivity index (χ3v) is 3.88. The first-order chi connectivity index (χ1) is 8.70. The first-order valence-electron chi connectivity index (χ1n) is 6.58. The molecule has 1 amide bonds. The number of rotatable bonds is 1. The summed E-state index contributed by atoms with van der Waals surface area (Å²) in [6.45, 7) is 5.56. The highest BCUT2D eigenvalue weighted by Gasteiger charge is 2.27. The zero-order chi connectivity index (χ0) is 12.7. The van der Waals surface area contributed by atoms with Crippen LogP contribution < -0.4 is 0 Å². The molecule has 1 aliphatic rings. The van der Waals surface area contributed by atoms with Crippen molar-refractivity contribution in [1.82, 2.24) is 9.88 Å². The molecule has 94 valence electrons. The first kappa shape index (κ1) is 11.3. The van der Waals surface area contributed by atoms with Crippen molar-refractivity contribution >= 4 is 16.8 Å². The van der Waals surface area contributed by atoms with Gasteiger partial charge in [0.15, 0.2) is 0 Å². The van der Waals surface area contributed by atoms with Crippen molar-refractivity contribution in [2.45, 2.75) is 26.8 Å². The van der Waals surface area contributed by atoms with Crippen LogP contribution in [0.5, 0.6) is 0 Å². The zero-order valence-corrected chi connectivity index (χ0v) is 10.9. The van der Waals surface area contributed by atoms with Crippen LogP contribution in [0.15, 0.2) is 24.3 Å². The van der Waals surface area contributed by atoms with E-state index >= 15 is 0 Å². The van der Waals surface area contributed by atoms with E-state index in [1.165, 1.54) is 22.2 Å². The van der Waals surface area contributed by atoms with Crippen molar-refractivity contribution in [1.29, 1.82) is 0 Å². The molecular formula is C15H18N2O. The van der Waals surface area contributed by atoms with Crippen LogP contribution in [0, 0.1) is 5.92 Å². The van der Waals surface area contributed by atoms with E-state index in [4.69, 9.17) is 0 Å². The molecule has 0 bridgehead atoms. The minimum absolute atomic E-state index is 0.0745. The molecule has 0 aliphatic carbocycles. The summed E-state index contributed by atoms with van der Waals surface area (Å²) in [5, 5.41) is 1.27. The second kappa shape index (κ2) is 4.16. The van der Waals surface area contributed by atoms with Crippen molar-refractivity contribution in [3.05, 3.63) is 35.5 Å². The molecule has 1 aromatic heterocycles. The van der Waals surface area contributed by atoms with Crippen LogP contribution in [0.2, 0.25) is 0 Å². The summed E-state index contributed by atoms with van der Waals surface area (Å²) < 4.78 is 0. The van der Waals surface area contributed by atoms with E-state index in [1.54, 1.807) is 0 Å². The standard InChI is InChI=1S/C15H18N2O/c1-3-17-9-14-12(8-10(2)15(17)18)11-6-4-5-7-13(11)16-14/h4-7,10,16H,3,8-9H2,1-2H3. The monoisotopic (exact) mass is 242 g/mol. The lowest BCUT2D eigenvalue weighted by Crippen LogP contribution is -2.33. The van der Waals surface area contributed by atoms with Crippen molar-refractivity contribution in [3.63, 3.8) is 0 Å². The maximum Gasteiger partial charge on any atom is 0.226 e. The Morgan fingerprint density at radius 3 is 2.94 bits per heavy atom. The number of fused-ring (bicyclic) bond motifs is 3. The van der Waals surface area contributed by atoms with Gasteiger partial charge < -0.3 is 9.88 Å². The third-order valence-electron chi connectivity index (χ3n) is 3.88. The Bertz CT molecular complexity index is 600. The van der Waals surface area contributed by atoms with Crippen LogP contribution >= 0.6 is 0 Å². The summed E-state index contributed by atoms with van der Waals surface area (Å²) in [5.41, 5.74) is 3.71.